The summed E-state index contributed by atoms with van der Waals surface area (Å²) in [5, 5.41) is 3.78. The highest BCUT2D eigenvalue weighted by molar-refractivity contribution is 5.88. The molecule has 1 aliphatic carbocycles. The van der Waals surface area contributed by atoms with E-state index in [4.69, 9.17) is 4.74 Å². The molecule has 0 aromatic rings. The lowest BCUT2D eigenvalue weighted by atomic mass is 9.72. The topological polar surface area (TPSA) is 41.6 Å². The van der Waals surface area contributed by atoms with E-state index in [2.05, 4.69) is 51.8 Å². The van der Waals surface area contributed by atoms with Crippen LogP contribution in [0.25, 0.3) is 0 Å². The minimum atomic E-state index is -0.679. The second kappa shape index (κ2) is 13.8. The number of piperidine rings is 1. The summed E-state index contributed by atoms with van der Waals surface area (Å²) in [6.07, 6.45) is 17.5. The van der Waals surface area contributed by atoms with Crippen LogP contribution in [0, 0.1) is 5.92 Å². The second-order valence-corrected chi connectivity index (χ2v) is 12.8. The fourth-order valence-electron chi connectivity index (χ4n) is 7.29. The molecule has 1 unspecified atom stereocenters. The number of amides is 1. The molecule has 0 aromatic carbocycles. The van der Waals surface area contributed by atoms with Crippen LogP contribution in [0.5, 0.6) is 0 Å². The molecule has 1 amide bonds. The van der Waals surface area contributed by atoms with Gasteiger partial charge in [-0.3, -0.25) is 4.79 Å². The normalized spacial score (nSPS) is 26.5. The number of nitrogens with zero attached hydrogens (tertiary/aromatic N) is 1. The number of ether oxygens (including phenoxy) is 1. The van der Waals surface area contributed by atoms with Crippen molar-refractivity contribution >= 4 is 5.91 Å². The monoisotopic (exact) mass is 496 g/mol. The van der Waals surface area contributed by atoms with Crippen LogP contribution in [0.2, 0.25) is 0 Å². The molecule has 3 aliphatic rings. The summed E-state index contributed by atoms with van der Waals surface area (Å²) in [5.41, 5.74) is -1.31. The molecule has 2 aliphatic heterocycles. The Balaban J connectivity index is 0.00000385. The maximum absolute atomic E-state index is 14.3. The molecule has 0 bridgehead atoms. The lowest BCUT2D eigenvalue weighted by Crippen LogP contribution is -2.65. The van der Waals surface area contributed by atoms with Gasteiger partial charge in [0.25, 0.3) is 5.91 Å². The second-order valence-electron chi connectivity index (χ2n) is 12.8. The Kier molecular flexibility index (Phi) is 13.6. The van der Waals surface area contributed by atoms with Gasteiger partial charge < -0.3 is 15.0 Å². The average Bonchev–Trinajstić information content (AvgIpc) is 2.84. The minimum Gasteiger partial charge on any atom is -0.339 e. The Morgan fingerprint density at radius 3 is 1.69 bits per heavy atom. The van der Waals surface area contributed by atoms with Gasteiger partial charge in [-0.25, -0.2) is 0 Å². The van der Waals surface area contributed by atoms with Crippen molar-refractivity contribution in [3.63, 3.8) is 0 Å². The van der Waals surface area contributed by atoms with Crippen molar-refractivity contribution in [3.8, 4) is 0 Å². The third-order valence-electron chi connectivity index (χ3n) is 8.05. The largest absolute Gasteiger partial charge is 0.339 e. The fourth-order valence-corrected chi connectivity index (χ4v) is 7.29. The van der Waals surface area contributed by atoms with Crippen molar-refractivity contribution < 1.29 is 9.53 Å². The van der Waals surface area contributed by atoms with Gasteiger partial charge in [0.2, 0.25) is 0 Å². The molecule has 3 fully saturated rings. The fraction of sp³-hybridized carbons (Fsp3) is 0.968. The average molecular weight is 497 g/mol. The summed E-state index contributed by atoms with van der Waals surface area (Å²) >= 11 is 0. The molecule has 2 spiro atoms. The van der Waals surface area contributed by atoms with Crippen molar-refractivity contribution in [1.82, 2.24) is 10.2 Å². The van der Waals surface area contributed by atoms with Crippen LogP contribution in [-0.4, -0.2) is 39.8 Å². The van der Waals surface area contributed by atoms with Crippen molar-refractivity contribution in [3.05, 3.63) is 0 Å². The van der Waals surface area contributed by atoms with E-state index in [1.165, 1.54) is 70.6 Å². The number of hydrogen-bond acceptors (Lipinski definition) is 3. The summed E-state index contributed by atoms with van der Waals surface area (Å²) in [7, 11) is 0. The van der Waals surface area contributed by atoms with Gasteiger partial charge in [-0.1, -0.05) is 87.5 Å². The number of rotatable bonds is 4. The lowest BCUT2D eigenvalue weighted by molar-refractivity contribution is -0.177. The highest BCUT2D eigenvalue weighted by Gasteiger charge is 2.64. The van der Waals surface area contributed by atoms with Crippen LogP contribution in [0.1, 0.15) is 160 Å². The molecule has 3 rings (SSSR count). The van der Waals surface area contributed by atoms with E-state index in [0.29, 0.717) is 5.92 Å². The zero-order valence-electron chi connectivity index (χ0n) is 22.2. The molecule has 0 radical (unpaired) electrons. The highest BCUT2D eigenvalue weighted by Crippen LogP contribution is 2.51. The summed E-state index contributed by atoms with van der Waals surface area (Å²) in [5.74, 6) is 0.805. The molecule has 2 saturated heterocycles. The minimum absolute atomic E-state index is 0. The zero-order valence-corrected chi connectivity index (χ0v) is 22.2. The van der Waals surface area contributed by atoms with Crippen LogP contribution >= 0.6 is 0 Å². The van der Waals surface area contributed by atoms with Crippen LogP contribution < -0.4 is 5.32 Å². The number of hydrogen-bond donors (Lipinski definition) is 1. The van der Waals surface area contributed by atoms with Crippen LogP contribution in [0.3, 0.4) is 0 Å². The number of carbonyl (C=O) groups excluding carboxylic acids is 1. The summed E-state index contributed by atoms with van der Waals surface area (Å²) in [6, 6.07) is 0. The van der Waals surface area contributed by atoms with Crippen LogP contribution in [-0.2, 0) is 9.53 Å². The highest BCUT2D eigenvalue weighted by atomic mass is 16.6. The zero-order chi connectivity index (χ0) is 23.5. The van der Waals surface area contributed by atoms with Gasteiger partial charge in [-0.15, -0.1) is 0 Å². The summed E-state index contributed by atoms with van der Waals surface area (Å²) in [4.78, 5) is 16.6. The third-order valence-corrected chi connectivity index (χ3v) is 8.05. The van der Waals surface area contributed by atoms with E-state index < -0.39 is 11.3 Å². The molecule has 210 valence electrons. The smallest absolute Gasteiger partial charge is 0.257 e. The molecular formula is C31H64N2O2. The van der Waals surface area contributed by atoms with E-state index in [1.807, 2.05) is 0 Å². The Labute approximate surface area is 220 Å². The first-order chi connectivity index (χ1) is 15.0. The Hall–Kier alpha value is -0.610. The van der Waals surface area contributed by atoms with Gasteiger partial charge in [0, 0.05) is 30.5 Å². The van der Waals surface area contributed by atoms with Crippen molar-refractivity contribution in [2.75, 3.05) is 6.54 Å². The Bertz CT molecular complexity index is 599. The number of carbonyl (C=O) groups is 1. The van der Waals surface area contributed by atoms with Gasteiger partial charge in [0.15, 0.2) is 5.60 Å². The van der Waals surface area contributed by atoms with Crippen molar-refractivity contribution in [2.24, 2.45) is 5.92 Å². The first-order valence-electron chi connectivity index (χ1n) is 13.8. The quantitative estimate of drug-likeness (QED) is 0.422. The maximum atomic E-state index is 14.3. The first kappa shape index (κ1) is 34.4. The Morgan fingerprint density at radius 2 is 1.26 bits per heavy atom. The van der Waals surface area contributed by atoms with Crippen LogP contribution in [0.4, 0.5) is 0 Å². The summed E-state index contributed by atoms with van der Waals surface area (Å²) in [6.45, 7) is 14.4. The van der Waals surface area contributed by atoms with E-state index in [1.54, 1.807) is 0 Å². The molecular weight excluding hydrogens is 432 g/mol. The van der Waals surface area contributed by atoms with Gasteiger partial charge in [-0.05, 0) is 65.7 Å². The van der Waals surface area contributed by atoms with E-state index in [-0.39, 0.29) is 39.3 Å². The molecule has 1 saturated carbocycles. The molecule has 4 heteroatoms. The van der Waals surface area contributed by atoms with Crippen LogP contribution in [0.15, 0.2) is 0 Å². The predicted octanol–water partition coefficient (Wildman–Crippen LogP) is 8.87. The molecule has 1 N–H and O–H groups in total. The van der Waals surface area contributed by atoms with E-state index >= 15 is 0 Å². The molecule has 35 heavy (non-hydrogen) atoms. The van der Waals surface area contributed by atoms with Gasteiger partial charge in [-0.2, -0.15) is 0 Å². The van der Waals surface area contributed by atoms with E-state index in [9.17, 15) is 4.79 Å². The lowest BCUT2D eigenvalue weighted by Gasteiger charge is -2.50. The predicted molar refractivity (Wildman–Crippen MR) is 154 cm³/mol. The summed E-state index contributed by atoms with van der Waals surface area (Å²) < 4.78 is 7.23. The molecule has 2 heterocycles. The number of nitrogens with one attached hydrogen (secondary N) is 1. The molecule has 4 nitrogen and oxygen atoms in total. The SMILES string of the molecule is C.C.C.CCCC(C)CN1C(=O)C2(CC(C)(C)NC(C)(C)C2)OC12CCCCCCCCCCC2. The van der Waals surface area contributed by atoms with Crippen molar-refractivity contribution in [1.29, 1.82) is 0 Å². The van der Waals surface area contributed by atoms with Gasteiger partial charge >= 0.3 is 0 Å². The van der Waals surface area contributed by atoms with Gasteiger partial charge in [0.1, 0.15) is 5.72 Å². The first-order valence-corrected chi connectivity index (χ1v) is 13.8. The molecule has 0 aromatic heterocycles. The van der Waals surface area contributed by atoms with Crippen molar-refractivity contribution in [2.45, 2.75) is 183 Å². The standard InChI is InChI=1S/C28H52N2O2.3CH4/c1-7-17-23(2)20-30-24(31)27(21-25(3,4)29-26(5,6)22-27)32-28(30)18-15-13-11-9-8-10-12-14-16-19-28;;;/h23,29H,7-22H2,1-6H3;3*1H4. The third kappa shape index (κ3) is 8.45. The maximum Gasteiger partial charge on any atom is 0.257 e. The molecule has 1 atom stereocenters. The Morgan fingerprint density at radius 1 is 0.829 bits per heavy atom. The van der Waals surface area contributed by atoms with Gasteiger partial charge in [0.05, 0.1) is 0 Å². The van der Waals surface area contributed by atoms with E-state index in [0.717, 1.165) is 32.2 Å².